The quantitative estimate of drug-likeness (QED) is 0.836. The Morgan fingerprint density at radius 3 is 2.72 bits per heavy atom. The van der Waals surface area contributed by atoms with E-state index in [1.54, 1.807) is 0 Å². The largest absolute Gasteiger partial charge is 0.316 e. The van der Waals surface area contributed by atoms with Crippen molar-refractivity contribution in [2.45, 2.75) is 49.8 Å². The van der Waals surface area contributed by atoms with Crippen molar-refractivity contribution in [2.24, 2.45) is 0 Å². The lowest BCUT2D eigenvalue weighted by Gasteiger charge is -2.33. The number of rotatable bonds is 6. The van der Waals surface area contributed by atoms with Crippen LogP contribution in [0.1, 0.15) is 38.2 Å². The third kappa shape index (κ3) is 3.52. The highest BCUT2D eigenvalue weighted by Gasteiger charge is 2.36. The molecule has 2 atom stereocenters. The highest BCUT2D eigenvalue weighted by molar-refractivity contribution is 8.00. The third-order valence-electron chi connectivity index (χ3n) is 4.14. The molecule has 0 bridgehead atoms. The van der Waals surface area contributed by atoms with Crippen LogP contribution in [0.3, 0.4) is 0 Å². The van der Waals surface area contributed by atoms with Crippen LogP contribution in [-0.4, -0.2) is 23.6 Å². The molecule has 0 aromatic heterocycles. The van der Waals surface area contributed by atoms with E-state index in [0.717, 1.165) is 0 Å². The van der Waals surface area contributed by atoms with Gasteiger partial charge in [-0.05, 0) is 57.4 Å². The molecule has 1 aliphatic rings. The number of benzene rings is 1. The molecule has 1 nitrogen and oxygen atoms in total. The molecule has 0 radical (unpaired) electrons. The van der Waals surface area contributed by atoms with Gasteiger partial charge in [-0.15, -0.1) is 0 Å². The average Bonchev–Trinajstić information content (AvgIpc) is 2.84. The molecule has 0 spiro atoms. The van der Waals surface area contributed by atoms with Crippen LogP contribution in [0.15, 0.2) is 30.3 Å². The van der Waals surface area contributed by atoms with Gasteiger partial charge in [-0.3, -0.25) is 0 Å². The standard InChI is InChI=1S/C16H25NS/c1-16(12-7-13-18-16)15(17-2)11-6-10-14-8-4-3-5-9-14/h3-5,8-9,15,17H,6-7,10-13H2,1-2H3. The predicted molar refractivity (Wildman–Crippen MR) is 82.3 cm³/mol. The van der Waals surface area contributed by atoms with Gasteiger partial charge in [-0.25, -0.2) is 0 Å². The Hall–Kier alpha value is -0.470. The van der Waals surface area contributed by atoms with Crippen molar-refractivity contribution in [3.05, 3.63) is 35.9 Å². The van der Waals surface area contributed by atoms with Crippen LogP contribution in [0.4, 0.5) is 0 Å². The highest BCUT2D eigenvalue weighted by atomic mass is 32.2. The fourth-order valence-corrected chi connectivity index (χ4v) is 4.47. The van der Waals surface area contributed by atoms with E-state index in [2.05, 4.69) is 61.4 Å². The summed E-state index contributed by atoms with van der Waals surface area (Å²) in [6.07, 6.45) is 6.53. The van der Waals surface area contributed by atoms with E-state index in [1.165, 1.54) is 43.4 Å². The summed E-state index contributed by atoms with van der Waals surface area (Å²) in [5.74, 6) is 1.34. The fourth-order valence-electron chi connectivity index (χ4n) is 2.99. The Morgan fingerprint density at radius 1 is 1.33 bits per heavy atom. The summed E-state index contributed by atoms with van der Waals surface area (Å²) in [7, 11) is 2.12. The summed E-state index contributed by atoms with van der Waals surface area (Å²) >= 11 is 2.16. The molecule has 2 unspecified atom stereocenters. The zero-order valence-electron chi connectivity index (χ0n) is 11.6. The Kier molecular flexibility index (Phi) is 5.13. The molecule has 0 saturated carbocycles. The van der Waals surface area contributed by atoms with Crippen LogP contribution in [0.5, 0.6) is 0 Å². The van der Waals surface area contributed by atoms with Gasteiger partial charge in [0.2, 0.25) is 0 Å². The Balaban J connectivity index is 1.81. The lowest BCUT2D eigenvalue weighted by atomic mass is 9.91. The van der Waals surface area contributed by atoms with Crippen molar-refractivity contribution in [1.29, 1.82) is 0 Å². The monoisotopic (exact) mass is 263 g/mol. The second kappa shape index (κ2) is 6.63. The minimum absolute atomic E-state index is 0.464. The third-order valence-corrected chi connectivity index (χ3v) is 5.78. The van der Waals surface area contributed by atoms with Crippen molar-refractivity contribution in [1.82, 2.24) is 5.32 Å². The molecule has 100 valence electrons. The number of aryl methyl sites for hydroxylation is 1. The van der Waals surface area contributed by atoms with Gasteiger partial charge >= 0.3 is 0 Å². The summed E-state index contributed by atoms with van der Waals surface area (Å²) in [6.45, 7) is 2.44. The number of hydrogen-bond acceptors (Lipinski definition) is 2. The van der Waals surface area contributed by atoms with Crippen LogP contribution in [-0.2, 0) is 6.42 Å². The topological polar surface area (TPSA) is 12.0 Å². The molecule has 1 aliphatic heterocycles. The van der Waals surface area contributed by atoms with Gasteiger partial charge in [0.25, 0.3) is 0 Å². The van der Waals surface area contributed by atoms with E-state index in [9.17, 15) is 0 Å². The first-order chi connectivity index (χ1) is 8.74. The van der Waals surface area contributed by atoms with Crippen LogP contribution >= 0.6 is 11.8 Å². The van der Waals surface area contributed by atoms with Gasteiger partial charge in [0.1, 0.15) is 0 Å². The molecule has 18 heavy (non-hydrogen) atoms. The minimum Gasteiger partial charge on any atom is -0.316 e. The van der Waals surface area contributed by atoms with E-state index in [0.29, 0.717) is 10.8 Å². The summed E-state index contributed by atoms with van der Waals surface area (Å²) < 4.78 is 0.464. The zero-order chi connectivity index (χ0) is 12.8. The van der Waals surface area contributed by atoms with E-state index in [-0.39, 0.29) is 0 Å². The molecule has 0 amide bonds. The van der Waals surface area contributed by atoms with Crippen molar-refractivity contribution < 1.29 is 0 Å². The van der Waals surface area contributed by atoms with Crippen LogP contribution in [0.25, 0.3) is 0 Å². The van der Waals surface area contributed by atoms with Crippen LogP contribution in [0.2, 0.25) is 0 Å². The minimum atomic E-state index is 0.464. The summed E-state index contributed by atoms with van der Waals surface area (Å²) in [6, 6.07) is 11.5. The van der Waals surface area contributed by atoms with Crippen molar-refractivity contribution in [3.8, 4) is 0 Å². The van der Waals surface area contributed by atoms with Gasteiger partial charge in [0.05, 0.1) is 0 Å². The van der Waals surface area contributed by atoms with Crippen molar-refractivity contribution in [2.75, 3.05) is 12.8 Å². The first-order valence-corrected chi connectivity index (χ1v) is 8.08. The second-order valence-corrected chi connectivity index (χ2v) is 7.11. The smallest absolute Gasteiger partial charge is 0.0285 e. The maximum atomic E-state index is 3.55. The second-order valence-electron chi connectivity index (χ2n) is 5.48. The Bertz CT molecular complexity index is 343. The number of nitrogens with one attached hydrogen (secondary N) is 1. The van der Waals surface area contributed by atoms with Gasteiger partial charge < -0.3 is 5.32 Å². The van der Waals surface area contributed by atoms with Gasteiger partial charge in [0.15, 0.2) is 0 Å². The van der Waals surface area contributed by atoms with Gasteiger partial charge in [0, 0.05) is 10.8 Å². The maximum absolute atomic E-state index is 3.55. The molecule has 1 saturated heterocycles. The predicted octanol–water partition coefficient (Wildman–Crippen LogP) is 3.88. The molecule has 1 fully saturated rings. The maximum Gasteiger partial charge on any atom is 0.0285 e. The lowest BCUT2D eigenvalue weighted by molar-refractivity contribution is 0.395. The zero-order valence-corrected chi connectivity index (χ0v) is 12.4. The average molecular weight is 263 g/mol. The number of thioether (sulfide) groups is 1. The van der Waals surface area contributed by atoms with Crippen LogP contribution < -0.4 is 5.32 Å². The summed E-state index contributed by atoms with van der Waals surface area (Å²) in [5, 5.41) is 3.55. The number of hydrogen-bond donors (Lipinski definition) is 1. The first-order valence-electron chi connectivity index (χ1n) is 7.10. The van der Waals surface area contributed by atoms with Gasteiger partial charge in [-0.2, -0.15) is 11.8 Å². The highest BCUT2D eigenvalue weighted by Crippen LogP contribution is 2.41. The Labute approximate surface area is 116 Å². The molecule has 1 N–H and O–H groups in total. The first kappa shape index (κ1) is 14.0. The lowest BCUT2D eigenvalue weighted by Crippen LogP contribution is -2.43. The molecule has 1 aromatic carbocycles. The van der Waals surface area contributed by atoms with E-state index in [1.807, 2.05) is 0 Å². The fraction of sp³-hybridized carbons (Fsp3) is 0.625. The van der Waals surface area contributed by atoms with Crippen molar-refractivity contribution in [3.63, 3.8) is 0 Å². The molecule has 1 aromatic rings. The van der Waals surface area contributed by atoms with Crippen molar-refractivity contribution >= 4 is 11.8 Å². The SMILES string of the molecule is CNC(CCCc1ccccc1)C1(C)CCCS1. The van der Waals surface area contributed by atoms with E-state index in [4.69, 9.17) is 0 Å². The molecule has 2 rings (SSSR count). The molecule has 1 heterocycles. The van der Waals surface area contributed by atoms with E-state index < -0.39 is 0 Å². The molecule has 2 heteroatoms. The summed E-state index contributed by atoms with van der Waals surface area (Å²) in [4.78, 5) is 0. The normalized spacial score (nSPS) is 25.2. The summed E-state index contributed by atoms with van der Waals surface area (Å²) in [5.41, 5.74) is 1.47. The molecular formula is C16H25NS. The molecule has 0 aliphatic carbocycles. The Morgan fingerprint density at radius 2 is 2.11 bits per heavy atom. The van der Waals surface area contributed by atoms with Gasteiger partial charge in [-0.1, -0.05) is 30.3 Å². The van der Waals surface area contributed by atoms with Crippen LogP contribution in [0, 0.1) is 0 Å². The molecular weight excluding hydrogens is 238 g/mol. The van der Waals surface area contributed by atoms with E-state index >= 15 is 0 Å².